The zero-order chi connectivity index (χ0) is 6.95. The van der Waals surface area contributed by atoms with Gasteiger partial charge in [-0.05, 0) is 0 Å². The first-order chi connectivity index (χ1) is 4.41. The van der Waals surface area contributed by atoms with Gasteiger partial charge in [0.05, 0.1) is 0 Å². The molecule has 0 radical (unpaired) electrons. The van der Waals surface area contributed by atoms with Gasteiger partial charge in [0, 0.05) is 0 Å². The number of hydrogen-bond acceptors (Lipinski definition) is 3. The van der Waals surface area contributed by atoms with Gasteiger partial charge in [0.1, 0.15) is 0 Å². The summed E-state index contributed by atoms with van der Waals surface area (Å²) in [4.78, 5) is 7.36. The van der Waals surface area contributed by atoms with E-state index in [1.165, 1.54) is 12.8 Å². The Morgan fingerprint density at radius 2 is 2.33 bits per heavy atom. The molecular formula is C5H12BNO2. The van der Waals surface area contributed by atoms with Crippen molar-refractivity contribution in [2.45, 2.75) is 26.2 Å². The van der Waals surface area contributed by atoms with Gasteiger partial charge in [-0.1, -0.05) is 0 Å². The fourth-order valence-corrected chi connectivity index (χ4v) is 0.539. The molecule has 0 fully saturated rings. The van der Waals surface area contributed by atoms with Gasteiger partial charge in [0.2, 0.25) is 0 Å². The molecule has 0 unspecified atom stereocenters. The molecule has 0 saturated heterocycles. The van der Waals surface area contributed by atoms with Crippen molar-refractivity contribution in [2.24, 2.45) is 4.90 Å². The van der Waals surface area contributed by atoms with Gasteiger partial charge in [-0.2, -0.15) is 0 Å². The predicted octanol–water partition coefficient (Wildman–Crippen LogP) is 1.47. The monoisotopic (exact) mass is 129 g/mol. The van der Waals surface area contributed by atoms with E-state index in [1.54, 1.807) is 0 Å². The van der Waals surface area contributed by atoms with Crippen LogP contribution in [0, 0.1) is 0 Å². The average Bonchev–Trinajstić information content (AvgIpc) is 1.89. The second-order valence-electron chi connectivity index (χ2n) is 1.82. The van der Waals surface area contributed by atoms with Crippen LogP contribution < -0.4 is 0 Å². The van der Waals surface area contributed by atoms with Crippen LogP contribution >= 0.6 is 0 Å². The van der Waals surface area contributed by atoms with E-state index in [2.05, 4.69) is 16.6 Å². The molecule has 9 heavy (non-hydrogen) atoms. The van der Waals surface area contributed by atoms with Gasteiger partial charge in [0.25, 0.3) is 0 Å². The van der Waals surface area contributed by atoms with Crippen LogP contribution in [0.3, 0.4) is 0 Å². The molecule has 0 amide bonds. The molecular weight excluding hydrogens is 117 g/mol. The van der Waals surface area contributed by atoms with E-state index in [-0.39, 0.29) is 0 Å². The van der Waals surface area contributed by atoms with Gasteiger partial charge in [-0.15, -0.1) is 0 Å². The molecule has 52 valence electrons. The van der Waals surface area contributed by atoms with Crippen LogP contribution in [0.25, 0.3) is 0 Å². The SMILES string of the molecule is CCCCC/N=B/OO. The van der Waals surface area contributed by atoms with Crippen LogP contribution in [-0.2, 0) is 4.81 Å². The second-order valence-corrected chi connectivity index (χ2v) is 1.82. The van der Waals surface area contributed by atoms with Crippen LogP contribution in [0.4, 0.5) is 0 Å². The topological polar surface area (TPSA) is 41.8 Å². The van der Waals surface area contributed by atoms with E-state index in [4.69, 9.17) is 5.26 Å². The first-order valence-electron chi connectivity index (χ1n) is 3.20. The van der Waals surface area contributed by atoms with Crippen molar-refractivity contribution >= 4 is 7.27 Å². The van der Waals surface area contributed by atoms with Gasteiger partial charge in [-0.25, -0.2) is 0 Å². The molecule has 0 aliphatic heterocycles. The molecule has 0 aromatic rings. The third-order valence-electron chi connectivity index (χ3n) is 1.01. The van der Waals surface area contributed by atoms with Gasteiger partial charge in [0.15, 0.2) is 0 Å². The van der Waals surface area contributed by atoms with Gasteiger partial charge in [-0.3, -0.25) is 0 Å². The van der Waals surface area contributed by atoms with Crippen molar-refractivity contribution < 1.29 is 10.1 Å². The van der Waals surface area contributed by atoms with E-state index in [0.29, 0.717) is 0 Å². The number of rotatable bonds is 5. The molecule has 0 rings (SSSR count). The van der Waals surface area contributed by atoms with E-state index in [9.17, 15) is 0 Å². The van der Waals surface area contributed by atoms with E-state index < -0.39 is 0 Å². The van der Waals surface area contributed by atoms with Crippen LogP contribution in [0.1, 0.15) is 26.2 Å². The van der Waals surface area contributed by atoms with Gasteiger partial charge < -0.3 is 0 Å². The normalized spacial score (nSPS) is 9.56. The van der Waals surface area contributed by atoms with Crippen LogP contribution in [-0.4, -0.2) is 19.1 Å². The molecule has 1 N–H and O–H groups in total. The Bertz CT molecular complexity index is 77.4. The molecule has 0 aliphatic carbocycles. The Morgan fingerprint density at radius 3 is 2.89 bits per heavy atom. The van der Waals surface area contributed by atoms with Crippen molar-refractivity contribution in [3.8, 4) is 0 Å². The first kappa shape index (κ1) is 8.62. The zero-order valence-electron chi connectivity index (χ0n) is 5.71. The number of nitrogens with zero attached hydrogens (tertiary/aromatic N) is 1. The van der Waals surface area contributed by atoms with E-state index >= 15 is 0 Å². The maximum atomic E-state index is 7.77. The second kappa shape index (κ2) is 7.62. The molecule has 3 nitrogen and oxygen atoms in total. The standard InChI is InChI=1S/C5H12BNO2/c1-2-3-4-5-7-6-9-8/h8H,2-5H2,1H3. The third-order valence-corrected chi connectivity index (χ3v) is 1.01. The van der Waals surface area contributed by atoms with Crippen LogP contribution in [0.15, 0.2) is 4.90 Å². The summed E-state index contributed by atoms with van der Waals surface area (Å²) < 4.78 is 0. The predicted molar refractivity (Wildman–Crippen MR) is 36.3 cm³/mol. The summed E-state index contributed by atoms with van der Waals surface area (Å²) in [6.07, 6.45) is 3.44. The summed E-state index contributed by atoms with van der Waals surface area (Å²) in [5, 5.41) is 7.77. The molecule has 0 aliphatic rings. The van der Waals surface area contributed by atoms with Crippen molar-refractivity contribution in [3.63, 3.8) is 0 Å². The minimum absolute atomic E-state index is 0.744. The number of hydrogen-bond donors (Lipinski definition) is 1. The molecule has 0 saturated carbocycles. The third kappa shape index (κ3) is 7.62. The first-order valence-corrected chi connectivity index (χ1v) is 3.20. The van der Waals surface area contributed by atoms with Crippen molar-refractivity contribution in [1.29, 1.82) is 0 Å². The Labute approximate surface area is 56.0 Å². The summed E-state index contributed by atoms with van der Waals surface area (Å²) in [6, 6.07) is 0. The molecule has 4 heteroatoms. The fraction of sp³-hybridized carbons (Fsp3) is 1.00. The fourth-order valence-electron chi connectivity index (χ4n) is 0.539. The Kier molecular flexibility index (Phi) is 7.31. The van der Waals surface area contributed by atoms with Crippen molar-refractivity contribution in [3.05, 3.63) is 0 Å². The number of unbranched alkanes of at least 4 members (excludes halogenated alkanes) is 2. The van der Waals surface area contributed by atoms with Crippen molar-refractivity contribution in [1.82, 2.24) is 0 Å². The van der Waals surface area contributed by atoms with Crippen LogP contribution in [0.5, 0.6) is 0 Å². The Balaban J connectivity index is 2.82. The summed E-state index contributed by atoms with van der Waals surface area (Å²) in [7, 11) is 1.05. The minimum atomic E-state index is 0.744. The molecule has 0 atom stereocenters. The summed E-state index contributed by atoms with van der Waals surface area (Å²) >= 11 is 0. The average molecular weight is 129 g/mol. The van der Waals surface area contributed by atoms with E-state index in [1.807, 2.05) is 0 Å². The Hall–Kier alpha value is -0.375. The Morgan fingerprint density at radius 1 is 1.56 bits per heavy atom. The van der Waals surface area contributed by atoms with Crippen LogP contribution in [0.2, 0.25) is 0 Å². The maximum absolute atomic E-state index is 7.77. The van der Waals surface area contributed by atoms with E-state index in [0.717, 1.165) is 20.2 Å². The summed E-state index contributed by atoms with van der Waals surface area (Å²) in [5.74, 6) is 0. The molecule has 0 bridgehead atoms. The van der Waals surface area contributed by atoms with Gasteiger partial charge >= 0.3 is 55.0 Å². The summed E-state index contributed by atoms with van der Waals surface area (Å²) in [5.41, 5.74) is 0. The zero-order valence-corrected chi connectivity index (χ0v) is 5.71. The molecule has 0 spiro atoms. The molecule has 0 heterocycles. The molecule has 0 aromatic heterocycles. The molecule has 0 aromatic carbocycles. The summed E-state index contributed by atoms with van der Waals surface area (Å²) in [6.45, 7) is 2.88. The quantitative estimate of drug-likeness (QED) is 0.264. The van der Waals surface area contributed by atoms with Crippen molar-refractivity contribution in [2.75, 3.05) is 6.54 Å².